The van der Waals surface area contributed by atoms with Crippen LogP contribution in [0.5, 0.6) is 0 Å². The molecule has 1 aromatic rings. The van der Waals surface area contributed by atoms with Crippen LogP contribution < -0.4 is 10.6 Å². The number of hydrogen-bond donors (Lipinski definition) is 2. The molecular weight excluding hydrogens is 260 g/mol. The molecule has 116 valence electrons. The molecule has 2 rings (SSSR count). The van der Waals surface area contributed by atoms with E-state index in [-0.39, 0.29) is 5.91 Å². The predicted molar refractivity (Wildman–Crippen MR) is 87.2 cm³/mol. The van der Waals surface area contributed by atoms with Crippen molar-refractivity contribution < 1.29 is 4.79 Å². The van der Waals surface area contributed by atoms with Crippen molar-refractivity contribution >= 4 is 5.91 Å². The first-order valence-electron chi connectivity index (χ1n) is 8.36. The molecule has 1 aromatic carbocycles. The fraction of sp³-hybridized carbons (Fsp3) is 0.611. The third-order valence-corrected chi connectivity index (χ3v) is 4.32. The predicted octanol–water partition coefficient (Wildman–Crippen LogP) is 3.18. The van der Waals surface area contributed by atoms with E-state index in [0.717, 1.165) is 25.8 Å². The van der Waals surface area contributed by atoms with Crippen molar-refractivity contribution in [2.24, 2.45) is 0 Å². The first kappa shape index (κ1) is 16.0. The first-order chi connectivity index (χ1) is 10.3. The lowest BCUT2D eigenvalue weighted by Crippen LogP contribution is -2.40. The molecule has 0 atom stereocenters. The van der Waals surface area contributed by atoms with Gasteiger partial charge >= 0.3 is 0 Å². The van der Waals surface area contributed by atoms with Crippen molar-refractivity contribution in [3.8, 4) is 0 Å². The lowest BCUT2D eigenvalue weighted by atomic mass is 10.1. The van der Waals surface area contributed by atoms with Gasteiger partial charge in [-0.1, -0.05) is 56.9 Å². The third kappa shape index (κ3) is 5.50. The standard InChI is InChI=1S/C18H28N2O/c1-2-15-9-7-8-10-16(15)13-19-14-18(21)20-17-11-5-3-4-6-12-17/h7-10,17,19H,2-6,11-14H2,1H3,(H,20,21). The Balaban J connectivity index is 1.71. The summed E-state index contributed by atoms with van der Waals surface area (Å²) in [6.45, 7) is 3.34. The van der Waals surface area contributed by atoms with E-state index < -0.39 is 0 Å². The van der Waals surface area contributed by atoms with Gasteiger partial charge in [0.1, 0.15) is 0 Å². The molecule has 1 amide bonds. The average Bonchev–Trinajstić information content (AvgIpc) is 2.76. The van der Waals surface area contributed by atoms with Gasteiger partial charge in [-0.05, 0) is 30.4 Å². The quantitative estimate of drug-likeness (QED) is 0.789. The van der Waals surface area contributed by atoms with Gasteiger partial charge in [0, 0.05) is 12.6 Å². The van der Waals surface area contributed by atoms with Crippen LogP contribution in [0.4, 0.5) is 0 Å². The molecule has 0 aliphatic heterocycles. The van der Waals surface area contributed by atoms with Crippen LogP contribution in [0.1, 0.15) is 56.6 Å². The number of nitrogens with one attached hydrogen (secondary N) is 2. The van der Waals surface area contributed by atoms with Crippen LogP contribution in [0.25, 0.3) is 0 Å². The van der Waals surface area contributed by atoms with Crippen molar-refractivity contribution in [1.82, 2.24) is 10.6 Å². The summed E-state index contributed by atoms with van der Waals surface area (Å²) in [4.78, 5) is 12.0. The Morgan fingerprint density at radius 1 is 1.10 bits per heavy atom. The Morgan fingerprint density at radius 2 is 1.76 bits per heavy atom. The summed E-state index contributed by atoms with van der Waals surface area (Å²) in [7, 11) is 0. The van der Waals surface area contributed by atoms with Gasteiger partial charge in [0.05, 0.1) is 6.54 Å². The highest BCUT2D eigenvalue weighted by Crippen LogP contribution is 2.17. The van der Waals surface area contributed by atoms with Crippen LogP contribution in [-0.2, 0) is 17.8 Å². The molecule has 1 saturated carbocycles. The summed E-state index contributed by atoms with van der Waals surface area (Å²) in [6, 6.07) is 8.81. The van der Waals surface area contributed by atoms with Crippen molar-refractivity contribution in [3.63, 3.8) is 0 Å². The van der Waals surface area contributed by atoms with Crippen molar-refractivity contribution in [2.75, 3.05) is 6.54 Å². The molecule has 1 aliphatic rings. The Morgan fingerprint density at radius 3 is 2.43 bits per heavy atom. The lowest BCUT2D eigenvalue weighted by Gasteiger charge is -2.16. The van der Waals surface area contributed by atoms with Crippen molar-refractivity contribution in [1.29, 1.82) is 0 Å². The lowest BCUT2D eigenvalue weighted by molar-refractivity contribution is -0.121. The van der Waals surface area contributed by atoms with Crippen LogP contribution in [0.3, 0.4) is 0 Å². The number of amides is 1. The Kier molecular flexibility index (Phi) is 6.74. The van der Waals surface area contributed by atoms with Crippen LogP contribution in [-0.4, -0.2) is 18.5 Å². The summed E-state index contributed by atoms with van der Waals surface area (Å²) in [5.74, 6) is 0.135. The smallest absolute Gasteiger partial charge is 0.234 e. The van der Waals surface area contributed by atoms with Crippen LogP contribution in [0, 0.1) is 0 Å². The fourth-order valence-electron chi connectivity index (χ4n) is 3.09. The second kappa shape index (κ2) is 8.83. The second-order valence-corrected chi connectivity index (χ2v) is 5.98. The molecule has 0 aromatic heterocycles. The molecule has 3 heteroatoms. The van der Waals surface area contributed by atoms with E-state index in [1.165, 1.54) is 36.8 Å². The second-order valence-electron chi connectivity index (χ2n) is 5.98. The fourth-order valence-corrected chi connectivity index (χ4v) is 3.09. The molecule has 3 nitrogen and oxygen atoms in total. The van der Waals surface area contributed by atoms with E-state index >= 15 is 0 Å². The van der Waals surface area contributed by atoms with E-state index in [4.69, 9.17) is 0 Å². The van der Waals surface area contributed by atoms with Gasteiger partial charge in [-0.15, -0.1) is 0 Å². The molecule has 0 bridgehead atoms. The third-order valence-electron chi connectivity index (χ3n) is 4.32. The summed E-state index contributed by atoms with van der Waals surface area (Å²) >= 11 is 0. The Labute approximate surface area is 128 Å². The molecule has 1 aliphatic carbocycles. The number of rotatable bonds is 6. The molecule has 2 N–H and O–H groups in total. The van der Waals surface area contributed by atoms with E-state index in [1.807, 2.05) is 0 Å². The van der Waals surface area contributed by atoms with Crippen molar-refractivity contribution in [3.05, 3.63) is 35.4 Å². The number of hydrogen-bond acceptors (Lipinski definition) is 2. The number of carbonyl (C=O) groups excluding carboxylic acids is 1. The van der Waals surface area contributed by atoms with Gasteiger partial charge in [0.25, 0.3) is 0 Å². The van der Waals surface area contributed by atoms with Gasteiger partial charge in [0.15, 0.2) is 0 Å². The minimum atomic E-state index is 0.135. The summed E-state index contributed by atoms with van der Waals surface area (Å²) < 4.78 is 0. The summed E-state index contributed by atoms with van der Waals surface area (Å²) in [5.41, 5.74) is 2.65. The Hall–Kier alpha value is -1.35. The molecule has 0 unspecified atom stereocenters. The molecule has 0 heterocycles. The molecule has 1 fully saturated rings. The van der Waals surface area contributed by atoms with Gasteiger partial charge in [-0.3, -0.25) is 4.79 Å². The number of carbonyl (C=O) groups is 1. The largest absolute Gasteiger partial charge is 0.352 e. The van der Waals surface area contributed by atoms with Crippen LogP contribution in [0.15, 0.2) is 24.3 Å². The maximum Gasteiger partial charge on any atom is 0.234 e. The molecule has 0 radical (unpaired) electrons. The van der Waals surface area contributed by atoms with E-state index in [0.29, 0.717) is 12.6 Å². The van der Waals surface area contributed by atoms with E-state index in [2.05, 4.69) is 41.8 Å². The van der Waals surface area contributed by atoms with Crippen LogP contribution >= 0.6 is 0 Å². The molecular formula is C18H28N2O. The topological polar surface area (TPSA) is 41.1 Å². The first-order valence-corrected chi connectivity index (χ1v) is 8.36. The van der Waals surface area contributed by atoms with Gasteiger partial charge in [-0.25, -0.2) is 0 Å². The van der Waals surface area contributed by atoms with Gasteiger partial charge < -0.3 is 10.6 Å². The minimum absolute atomic E-state index is 0.135. The van der Waals surface area contributed by atoms with E-state index in [9.17, 15) is 4.79 Å². The highest BCUT2D eigenvalue weighted by molar-refractivity contribution is 5.78. The minimum Gasteiger partial charge on any atom is -0.352 e. The zero-order chi connectivity index (χ0) is 14.9. The highest BCUT2D eigenvalue weighted by atomic mass is 16.1. The van der Waals surface area contributed by atoms with Gasteiger partial charge in [-0.2, -0.15) is 0 Å². The average molecular weight is 288 g/mol. The van der Waals surface area contributed by atoms with Crippen LogP contribution in [0.2, 0.25) is 0 Å². The van der Waals surface area contributed by atoms with E-state index in [1.54, 1.807) is 0 Å². The number of aryl methyl sites for hydroxylation is 1. The highest BCUT2D eigenvalue weighted by Gasteiger charge is 2.14. The maximum absolute atomic E-state index is 12.0. The number of benzene rings is 1. The Bertz CT molecular complexity index is 437. The normalized spacial score (nSPS) is 16.4. The zero-order valence-corrected chi connectivity index (χ0v) is 13.2. The SMILES string of the molecule is CCc1ccccc1CNCC(=O)NC1CCCCCC1. The maximum atomic E-state index is 12.0. The van der Waals surface area contributed by atoms with Gasteiger partial charge in [0.2, 0.25) is 5.91 Å². The monoisotopic (exact) mass is 288 g/mol. The summed E-state index contributed by atoms with van der Waals surface area (Å²) in [6.07, 6.45) is 8.46. The molecule has 0 saturated heterocycles. The molecule has 0 spiro atoms. The van der Waals surface area contributed by atoms with Crippen molar-refractivity contribution in [2.45, 2.75) is 64.5 Å². The molecule has 21 heavy (non-hydrogen) atoms. The summed E-state index contributed by atoms with van der Waals surface area (Å²) in [5, 5.41) is 6.44. The zero-order valence-electron chi connectivity index (χ0n) is 13.2.